The summed E-state index contributed by atoms with van der Waals surface area (Å²) in [6.07, 6.45) is 5.41. The zero-order valence-electron chi connectivity index (χ0n) is 17.3. The van der Waals surface area contributed by atoms with Crippen LogP contribution in [0.15, 0.2) is 60.9 Å². The molecule has 0 spiro atoms. The van der Waals surface area contributed by atoms with Gasteiger partial charge in [0.2, 0.25) is 11.8 Å². The molecule has 0 bridgehead atoms. The minimum Gasteiger partial charge on any atom is -0.343 e. The Morgan fingerprint density at radius 1 is 0.935 bits per heavy atom. The topological polar surface area (TPSA) is 136 Å². The number of hydrogen-bond acceptors (Lipinski definition) is 6. The lowest BCUT2D eigenvalue weighted by molar-refractivity contribution is -0.127. The van der Waals surface area contributed by atoms with E-state index < -0.39 is 12.1 Å². The van der Waals surface area contributed by atoms with Crippen molar-refractivity contribution in [2.45, 2.75) is 37.8 Å². The van der Waals surface area contributed by atoms with E-state index in [1.807, 2.05) is 30.3 Å². The molecule has 0 aliphatic carbocycles. The van der Waals surface area contributed by atoms with Gasteiger partial charge in [-0.1, -0.05) is 30.3 Å². The van der Waals surface area contributed by atoms with Crippen LogP contribution in [0, 0.1) is 0 Å². The van der Waals surface area contributed by atoms with Crippen molar-refractivity contribution in [2.24, 2.45) is 11.5 Å². The summed E-state index contributed by atoms with van der Waals surface area (Å²) in [6.45, 7) is 0.462. The molecule has 0 aliphatic heterocycles. The highest BCUT2D eigenvalue weighted by molar-refractivity contribution is 5.98. The maximum absolute atomic E-state index is 13.0. The number of rotatable bonds is 10. The number of carbonyl (C=O) groups is 2. The third-order valence-corrected chi connectivity index (χ3v) is 4.99. The Hall–Kier alpha value is -3.36. The van der Waals surface area contributed by atoms with Crippen molar-refractivity contribution in [1.29, 1.82) is 0 Å². The molecule has 6 N–H and O–H groups in total. The number of aryl methyl sites for hydroxylation is 1. The van der Waals surface area contributed by atoms with Crippen LogP contribution in [0.4, 0.5) is 5.69 Å². The Bertz CT molecular complexity index is 1010. The first-order valence-electron chi connectivity index (χ1n) is 10.4. The summed E-state index contributed by atoms with van der Waals surface area (Å²) >= 11 is 0. The average Bonchev–Trinajstić information content (AvgIpc) is 2.80. The quantitative estimate of drug-likeness (QED) is 0.394. The zero-order valence-corrected chi connectivity index (χ0v) is 17.3. The Labute approximate surface area is 181 Å². The fraction of sp³-hybridized carbons (Fsp3) is 0.304. The predicted molar refractivity (Wildman–Crippen MR) is 121 cm³/mol. The molecular weight excluding hydrogens is 392 g/mol. The summed E-state index contributed by atoms with van der Waals surface area (Å²) in [5, 5.41) is 5.68. The number of anilines is 1. The molecule has 0 radical (unpaired) electrons. The van der Waals surface area contributed by atoms with Gasteiger partial charge in [0, 0.05) is 18.1 Å². The normalized spacial score (nSPS) is 12.8. The Kier molecular flexibility index (Phi) is 8.03. The van der Waals surface area contributed by atoms with Crippen LogP contribution < -0.4 is 22.1 Å². The lowest BCUT2D eigenvalue weighted by Gasteiger charge is -2.21. The third kappa shape index (κ3) is 6.56. The van der Waals surface area contributed by atoms with Crippen LogP contribution in [0.25, 0.3) is 11.0 Å². The van der Waals surface area contributed by atoms with Gasteiger partial charge in [-0.2, -0.15) is 0 Å². The Morgan fingerprint density at radius 2 is 1.68 bits per heavy atom. The van der Waals surface area contributed by atoms with Crippen molar-refractivity contribution >= 4 is 28.5 Å². The molecule has 0 saturated heterocycles. The number of nitrogens with one attached hydrogen (secondary N) is 2. The second-order valence-corrected chi connectivity index (χ2v) is 7.37. The van der Waals surface area contributed by atoms with Crippen molar-refractivity contribution < 1.29 is 9.59 Å². The number of carbonyl (C=O) groups excluding carboxylic acids is 2. The first kappa shape index (κ1) is 22.3. The molecule has 3 aromatic rings. The van der Waals surface area contributed by atoms with Crippen LogP contribution in [0.3, 0.4) is 0 Å². The smallest absolute Gasteiger partial charge is 0.246 e. The lowest BCUT2D eigenvalue weighted by Crippen LogP contribution is -2.50. The van der Waals surface area contributed by atoms with E-state index in [0.29, 0.717) is 43.4 Å². The highest BCUT2D eigenvalue weighted by Gasteiger charge is 2.23. The number of hydrogen-bond donors (Lipinski definition) is 4. The van der Waals surface area contributed by atoms with Gasteiger partial charge in [0.05, 0.1) is 17.1 Å². The molecule has 3 rings (SSSR count). The van der Waals surface area contributed by atoms with Gasteiger partial charge < -0.3 is 22.1 Å². The van der Waals surface area contributed by atoms with Crippen molar-refractivity contribution in [1.82, 2.24) is 15.3 Å². The summed E-state index contributed by atoms with van der Waals surface area (Å²) in [5.41, 5.74) is 14.5. The van der Waals surface area contributed by atoms with E-state index in [1.165, 1.54) is 0 Å². The van der Waals surface area contributed by atoms with E-state index in [-0.39, 0.29) is 11.8 Å². The average molecular weight is 421 g/mol. The number of nitrogens with zero attached hydrogens (tertiary/aromatic N) is 2. The van der Waals surface area contributed by atoms with E-state index in [9.17, 15) is 9.59 Å². The molecule has 0 saturated carbocycles. The molecule has 31 heavy (non-hydrogen) atoms. The molecule has 2 atom stereocenters. The first-order chi connectivity index (χ1) is 15.1. The van der Waals surface area contributed by atoms with Gasteiger partial charge in [-0.25, -0.2) is 0 Å². The second-order valence-electron chi connectivity index (χ2n) is 7.37. The minimum absolute atomic E-state index is 0.307. The standard InChI is InChI=1S/C23H28N6O2/c24-12-4-7-18(25)22(30)29-20(10-8-16-5-2-1-3-6-16)23(31)28-17-9-11-19-21(15-17)27-14-13-26-19/h1-3,5-6,9,11,13-15,18,20H,4,7-8,10,12,24-25H2,(H,28,31)(H,29,30)/t18-,20+/m0/s1. The van der Waals surface area contributed by atoms with Crippen molar-refractivity contribution in [2.75, 3.05) is 11.9 Å². The van der Waals surface area contributed by atoms with Gasteiger partial charge >= 0.3 is 0 Å². The first-order valence-corrected chi connectivity index (χ1v) is 10.4. The van der Waals surface area contributed by atoms with Crippen molar-refractivity contribution in [3.63, 3.8) is 0 Å². The van der Waals surface area contributed by atoms with E-state index in [4.69, 9.17) is 11.5 Å². The van der Waals surface area contributed by atoms with E-state index in [1.54, 1.807) is 30.6 Å². The molecule has 0 unspecified atom stereocenters. The summed E-state index contributed by atoms with van der Waals surface area (Å²) in [4.78, 5) is 34.0. The van der Waals surface area contributed by atoms with E-state index in [0.717, 1.165) is 11.1 Å². The van der Waals surface area contributed by atoms with Crippen molar-refractivity contribution in [3.05, 3.63) is 66.5 Å². The molecule has 0 fully saturated rings. The summed E-state index contributed by atoms with van der Waals surface area (Å²) in [5.74, 6) is -0.662. The van der Waals surface area contributed by atoms with Crippen molar-refractivity contribution in [3.8, 4) is 0 Å². The Balaban J connectivity index is 1.71. The minimum atomic E-state index is -0.728. The predicted octanol–water partition coefficient (Wildman–Crippen LogP) is 1.75. The molecule has 8 heteroatoms. The van der Waals surface area contributed by atoms with Crippen LogP contribution in [-0.2, 0) is 16.0 Å². The molecule has 8 nitrogen and oxygen atoms in total. The van der Waals surface area contributed by atoms with E-state index in [2.05, 4.69) is 20.6 Å². The highest BCUT2D eigenvalue weighted by atomic mass is 16.2. The molecule has 2 amide bonds. The maximum Gasteiger partial charge on any atom is 0.246 e. The number of nitrogens with two attached hydrogens (primary N) is 2. The highest BCUT2D eigenvalue weighted by Crippen LogP contribution is 2.16. The molecule has 162 valence electrons. The number of aromatic nitrogens is 2. The van der Waals surface area contributed by atoms with Crippen LogP contribution in [-0.4, -0.2) is 40.4 Å². The van der Waals surface area contributed by atoms with Crippen LogP contribution in [0.2, 0.25) is 0 Å². The van der Waals surface area contributed by atoms with Crippen LogP contribution >= 0.6 is 0 Å². The summed E-state index contributed by atoms with van der Waals surface area (Å²) < 4.78 is 0. The summed E-state index contributed by atoms with van der Waals surface area (Å²) in [7, 11) is 0. The number of amides is 2. The van der Waals surface area contributed by atoms with Gasteiger partial charge in [0.1, 0.15) is 6.04 Å². The molecule has 1 aromatic heterocycles. The fourth-order valence-corrected chi connectivity index (χ4v) is 3.24. The van der Waals surface area contributed by atoms with Gasteiger partial charge in [-0.05, 0) is 56.0 Å². The zero-order chi connectivity index (χ0) is 22.1. The maximum atomic E-state index is 13.0. The SMILES string of the molecule is NCCC[C@H](N)C(=O)N[C@H](CCc1ccccc1)C(=O)Nc1ccc2nccnc2c1. The van der Waals surface area contributed by atoms with Gasteiger partial charge in [0.25, 0.3) is 0 Å². The largest absolute Gasteiger partial charge is 0.343 e. The van der Waals surface area contributed by atoms with Crippen LogP contribution in [0.5, 0.6) is 0 Å². The molecule has 0 aliphatic rings. The third-order valence-electron chi connectivity index (χ3n) is 4.99. The van der Waals surface area contributed by atoms with Gasteiger partial charge in [0.15, 0.2) is 0 Å². The van der Waals surface area contributed by atoms with Crippen LogP contribution in [0.1, 0.15) is 24.8 Å². The molecule has 2 aromatic carbocycles. The van der Waals surface area contributed by atoms with E-state index >= 15 is 0 Å². The van der Waals surface area contributed by atoms with Gasteiger partial charge in [-0.15, -0.1) is 0 Å². The molecule has 1 heterocycles. The number of benzene rings is 2. The lowest BCUT2D eigenvalue weighted by atomic mass is 10.0. The van der Waals surface area contributed by atoms with Gasteiger partial charge in [-0.3, -0.25) is 19.6 Å². The second kappa shape index (κ2) is 11.1. The monoisotopic (exact) mass is 420 g/mol. The molecular formula is C23H28N6O2. The summed E-state index contributed by atoms with van der Waals surface area (Å²) in [6, 6.07) is 13.7. The Morgan fingerprint density at radius 3 is 2.42 bits per heavy atom. The number of fused-ring (bicyclic) bond motifs is 1. The fourth-order valence-electron chi connectivity index (χ4n) is 3.24.